The summed E-state index contributed by atoms with van der Waals surface area (Å²) in [6.45, 7) is 10.6. The zero-order chi connectivity index (χ0) is 10.8. The van der Waals surface area contributed by atoms with E-state index in [1.54, 1.807) is 0 Å². The van der Waals surface area contributed by atoms with Gasteiger partial charge in [0.2, 0.25) is 0 Å². The third-order valence-electron chi connectivity index (χ3n) is 3.00. The van der Waals surface area contributed by atoms with Crippen LogP contribution in [0.3, 0.4) is 0 Å². The molecule has 2 heteroatoms. The molecule has 0 aliphatic heterocycles. The van der Waals surface area contributed by atoms with Crippen molar-refractivity contribution >= 4 is 12.6 Å². The fourth-order valence-electron chi connectivity index (χ4n) is 1.74. The van der Waals surface area contributed by atoms with Gasteiger partial charge in [0.05, 0.1) is 0 Å². The van der Waals surface area contributed by atoms with Crippen LogP contribution < -0.4 is 0 Å². The molecule has 0 saturated heterocycles. The molecular formula is C12H27NS. The lowest BCUT2D eigenvalue weighted by atomic mass is 10.0. The summed E-state index contributed by atoms with van der Waals surface area (Å²) in [5, 5.41) is 0. The van der Waals surface area contributed by atoms with Crippen molar-refractivity contribution in [2.75, 3.05) is 25.4 Å². The molecule has 0 rings (SSSR count). The Morgan fingerprint density at radius 3 is 2.14 bits per heavy atom. The van der Waals surface area contributed by atoms with E-state index >= 15 is 0 Å². The minimum atomic E-state index is 0.894. The zero-order valence-electron chi connectivity index (χ0n) is 10.1. The molecule has 0 saturated carbocycles. The Bertz CT molecular complexity index is 113. The summed E-state index contributed by atoms with van der Waals surface area (Å²) < 4.78 is 0. The minimum absolute atomic E-state index is 0.894. The summed E-state index contributed by atoms with van der Waals surface area (Å²) >= 11 is 4.24. The summed E-state index contributed by atoms with van der Waals surface area (Å²) in [5.41, 5.74) is 0. The zero-order valence-corrected chi connectivity index (χ0v) is 11.0. The molecule has 14 heavy (non-hydrogen) atoms. The third-order valence-corrected chi connectivity index (χ3v) is 3.32. The summed E-state index contributed by atoms with van der Waals surface area (Å²) in [5.74, 6) is 1.92. The summed E-state index contributed by atoms with van der Waals surface area (Å²) in [4.78, 5) is 2.58. The molecule has 0 bridgehead atoms. The normalized spacial score (nSPS) is 11.6. The van der Waals surface area contributed by atoms with Crippen LogP contribution in [0.4, 0.5) is 0 Å². The average molecular weight is 217 g/mol. The molecule has 0 fully saturated rings. The van der Waals surface area contributed by atoms with Gasteiger partial charge in [-0.1, -0.05) is 33.6 Å². The van der Waals surface area contributed by atoms with Gasteiger partial charge in [-0.15, -0.1) is 0 Å². The molecule has 1 nitrogen and oxygen atoms in total. The first-order valence-electron chi connectivity index (χ1n) is 6.11. The van der Waals surface area contributed by atoms with Crippen LogP contribution in [0.1, 0.15) is 46.5 Å². The number of unbranched alkanes of at least 4 members (excludes halogenated alkanes) is 1. The van der Waals surface area contributed by atoms with Crippen LogP contribution in [0.15, 0.2) is 0 Å². The van der Waals surface area contributed by atoms with E-state index in [-0.39, 0.29) is 0 Å². The molecule has 0 aromatic carbocycles. The summed E-state index contributed by atoms with van der Waals surface area (Å²) in [7, 11) is 0. The van der Waals surface area contributed by atoms with Crippen LogP contribution in [0, 0.1) is 5.92 Å². The van der Waals surface area contributed by atoms with Crippen LogP contribution in [-0.2, 0) is 0 Å². The third kappa shape index (κ3) is 6.72. The molecule has 0 aliphatic carbocycles. The van der Waals surface area contributed by atoms with E-state index in [2.05, 4.69) is 38.3 Å². The predicted molar refractivity (Wildman–Crippen MR) is 69.3 cm³/mol. The van der Waals surface area contributed by atoms with Gasteiger partial charge in [0.15, 0.2) is 0 Å². The molecule has 0 aromatic heterocycles. The van der Waals surface area contributed by atoms with Crippen LogP contribution in [0.2, 0.25) is 0 Å². The van der Waals surface area contributed by atoms with E-state index in [1.807, 2.05) is 0 Å². The Kier molecular flexibility index (Phi) is 10.1. The first-order valence-corrected chi connectivity index (χ1v) is 6.74. The van der Waals surface area contributed by atoms with Crippen molar-refractivity contribution in [3.8, 4) is 0 Å². The van der Waals surface area contributed by atoms with Gasteiger partial charge in [-0.2, -0.15) is 12.6 Å². The first-order chi connectivity index (χ1) is 6.78. The minimum Gasteiger partial charge on any atom is -0.303 e. The van der Waals surface area contributed by atoms with Crippen molar-refractivity contribution < 1.29 is 0 Å². The van der Waals surface area contributed by atoms with Crippen molar-refractivity contribution in [2.45, 2.75) is 46.5 Å². The van der Waals surface area contributed by atoms with Crippen molar-refractivity contribution in [3.05, 3.63) is 0 Å². The standard InChI is InChI=1S/C12H27NS/c1-4-12(5-2)11-13(6-3)9-7-8-10-14/h12,14H,4-11H2,1-3H3. The highest BCUT2D eigenvalue weighted by Gasteiger charge is 2.08. The summed E-state index contributed by atoms with van der Waals surface area (Å²) in [6.07, 6.45) is 5.19. The molecular weight excluding hydrogens is 190 g/mol. The van der Waals surface area contributed by atoms with E-state index < -0.39 is 0 Å². The molecule has 0 radical (unpaired) electrons. The maximum absolute atomic E-state index is 4.24. The number of thiol groups is 1. The second kappa shape index (κ2) is 9.85. The fraction of sp³-hybridized carbons (Fsp3) is 1.00. The molecule has 0 aliphatic rings. The maximum atomic E-state index is 4.24. The van der Waals surface area contributed by atoms with Gasteiger partial charge in [0, 0.05) is 6.54 Å². The smallest absolute Gasteiger partial charge is 0.000934 e. The Morgan fingerprint density at radius 2 is 1.71 bits per heavy atom. The monoisotopic (exact) mass is 217 g/mol. The van der Waals surface area contributed by atoms with Crippen LogP contribution >= 0.6 is 12.6 Å². The molecule has 86 valence electrons. The lowest BCUT2D eigenvalue weighted by Crippen LogP contribution is -2.30. The first kappa shape index (κ1) is 14.3. The number of hydrogen-bond donors (Lipinski definition) is 1. The van der Waals surface area contributed by atoms with Crippen molar-refractivity contribution in [3.63, 3.8) is 0 Å². The van der Waals surface area contributed by atoms with Gasteiger partial charge in [-0.05, 0) is 37.6 Å². The second-order valence-electron chi connectivity index (χ2n) is 4.01. The molecule has 0 spiro atoms. The highest BCUT2D eigenvalue weighted by molar-refractivity contribution is 7.80. The van der Waals surface area contributed by atoms with E-state index in [0.717, 1.165) is 11.7 Å². The predicted octanol–water partition coefficient (Wildman–Crippen LogP) is 3.45. The van der Waals surface area contributed by atoms with Gasteiger partial charge in [0.25, 0.3) is 0 Å². The van der Waals surface area contributed by atoms with Gasteiger partial charge in [-0.25, -0.2) is 0 Å². The largest absolute Gasteiger partial charge is 0.303 e. The molecule has 0 heterocycles. The lowest BCUT2D eigenvalue weighted by molar-refractivity contribution is 0.231. The maximum Gasteiger partial charge on any atom is 0.000934 e. The average Bonchev–Trinajstić information content (AvgIpc) is 2.23. The Morgan fingerprint density at radius 1 is 1.07 bits per heavy atom. The SMILES string of the molecule is CCC(CC)CN(CC)CCCCS. The molecule has 0 aromatic rings. The van der Waals surface area contributed by atoms with Gasteiger partial charge in [-0.3, -0.25) is 0 Å². The van der Waals surface area contributed by atoms with E-state index in [0.29, 0.717) is 0 Å². The van der Waals surface area contributed by atoms with Crippen LogP contribution in [0.25, 0.3) is 0 Å². The van der Waals surface area contributed by atoms with Crippen LogP contribution in [0.5, 0.6) is 0 Å². The molecule has 0 N–H and O–H groups in total. The molecule has 0 unspecified atom stereocenters. The quantitative estimate of drug-likeness (QED) is 0.457. The number of nitrogens with zero attached hydrogens (tertiary/aromatic N) is 1. The lowest BCUT2D eigenvalue weighted by Gasteiger charge is -2.25. The van der Waals surface area contributed by atoms with Gasteiger partial charge < -0.3 is 4.90 Å². The summed E-state index contributed by atoms with van der Waals surface area (Å²) in [6, 6.07) is 0. The number of rotatable bonds is 9. The fourth-order valence-corrected chi connectivity index (χ4v) is 1.96. The van der Waals surface area contributed by atoms with Gasteiger partial charge in [0.1, 0.15) is 0 Å². The number of hydrogen-bond acceptors (Lipinski definition) is 2. The van der Waals surface area contributed by atoms with E-state index in [9.17, 15) is 0 Å². The van der Waals surface area contributed by atoms with Crippen molar-refractivity contribution in [1.82, 2.24) is 4.90 Å². The highest BCUT2D eigenvalue weighted by atomic mass is 32.1. The molecule has 0 atom stereocenters. The van der Waals surface area contributed by atoms with Crippen LogP contribution in [-0.4, -0.2) is 30.3 Å². The van der Waals surface area contributed by atoms with Crippen molar-refractivity contribution in [1.29, 1.82) is 0 Å². The Balaban J connectivity index is 3.65. The Labute approximate surface area is 95.7 Å². The van der Waals surface area contributed by atoms with Gasteiger partial charge >= 0.3 is 0 Å². The Hall–Kier alpha value is 0.310. The van der Waals surface area contributed by atoms with E-state index in [4.69, 9.17) is 0 Å². The highest BCUT2D eigenvalue weighted by Crippen LogP contribution is 2.10. The topological polar surface area (TPSA) is 3.24 Å². The molecule has 0 amide bonds. The second-order valence-corrected chi connectivity index (χ2v) is 4.45. The van der Waals surface area contributed by atoms with Crippen molar-refractivity contribution in [2.24, 2.45) is 5.92 Å². The van der Waals surface area contributed by atoms with E-state index in [1.165, 1.54) is 45.3 Å².